The number of nitrogens with two attached hydrogens (primary N) is 1. The molecule has 7 heteroatoms. The van der Waals surface area contributed by atoms with Crippen LogP contribution < -0.4 is 10.5 Å². The number of aromatic nitrogens is 2. The van der Waals surface area contributed by atoms with E-state index in [9.17, 15) is 4.39 Å². The summed E-state index contributed by atoms with van der Waals surface area (Å²) in [5.41, 5.74) is 7.69. The molecule has 3 N–H and O–H groups in total. The first kappa shape index (κ1) is 14.7. The van der Waals surface area contributed by atoms with Crippen molar-refractivity contribution in [1.29, 1.82) is 0 Å². The lowest BCUT2D eigenvalue weighted by molar-refractivity contribution is 0.282. The molecule has 1 aromatic carbocycles. The Morgan fingerprint density at radius 3 is 2.71 bits per heavy atom. The highest BCUT2D eigenvalue weighted by Crippen LogP contribution is 2.21. The molecule has 0 unspecified atom stereocenters. The molecular weight excluding hydrogens is 275 g/mol. The van der Waals surface area contributed by atoms with Crippen LogP contribution >= 0.6 is 0 Å². The Hall–Kier alpha value is -2.70. The Morgan fingerprint density at radius 2 is 2.05 bits per heavy atom. The van der Waals surface area contributed by atoms with Gasteiger partial charge in [0.15, 0.2) is 5.84 Å². The Morgan fingerprint density at radius 1 is 1.33 bits per heavy atom. The number of aryl methyl sites for hydroxylation is 1. The molecule has 0 aliphatic rings. The molecule has 0 aliphatic heterocycles. The third-order valence-electron chi connectivity index (χ3n) is 3.11. The van der Waals surface area contributed by atoms with Crippen LogP contribution in [0.15, 0.2) is 29.4 Å². The third-order valence-corrected chi connectivity index (χ3v) is 3.11. The first-order valence-electron chi connectivity index (χ1n) is 6.22. The van der Waals surface area contributed by atoms with Gasteiger partial charge in [0.05, 0.1) is 11.3 Å². The molecule has 0 aliphatic carbocycles. The van der Waals surface area contributed by atoms with E-state index in [1.807, 2.05) is 0 Å². The zero-order chi connectivity index (χ0) is 15.4. The van der Waals surface area contributed by atoms with Gasteiger partial charge in [-0.3, -0.25) is 0 Å². The normalized spacial score (nSPS) is 11.5. The number of hydrogen-bond acceptors (Lipinski definition) is 5. The quantitative estimate of drug-likeness (QED) is 0.388. The van der Waals surface area contributed by atoms with Crippen molar-refractivity contribution in [2.45, 2.75) is 20.5 Å². The lowest BCUT2D eigenvalue weighted by Crippen LogP contribution is -2.19. The molecular formula is C14H15FN4O2. The summed E-state index contributed by atoms with van der Waals surface area (Å²) in [5, 5.41) is 19.6. The molecule has 0 spiro atoms. The molecule has 0 saturated carbocycles. The second-order valence-corrected chi connectivity index (χ2v) is 4.46. The number of halogens is 1. The van der Waals surface area contributed by atoms with E-state index in [1.54, 1.807) is 32.0 Å². The minimum Gasteiger partial charge on any atom is -0.471 e. The molecule has 0 radical (unpaired) electrons. The van der Waals surface area contributed by atoms with Gasteiger partial charge in [0.1, 0.15) is 12.4 Å². The molecule has 2 rings (SSSR count). The average molecular weight is 290 g/mol. The fraction of sp³-hybridized carbons (Fsp3) is 0.214. The molecule has 110 valence electrons. The van der Waals surface area contributed by atoms with Gasteiger partial charge in [-0.05, 0) is 25.5 Å². The van der Waals surface area contributed by atoms with Gasteiger partial charge in [-0.1, -0.05) is 23.4 Å². The molecule has 0 bridgehead atoms. The van der Waals surface area contributed by atoms with Crippen LogP contribution in [0.1, 0.15) is 22.4 Å². The molecule has 1 aromatic heterocycles. The predicted molar refractivity (Wildman–Crippen MR) is 74.7 cm³/mol. The molecule has 6 nitrogen and oxygen atoms in total. The highest BCUT2D eigenvalue weighted by atomic mass is 19.1. The van der Waals surface area contributed by atoms with Crippen LogP contribution in [0.5, 0.6) is 5.88 Å². The third kappa shape index (κ3) is 3.07. The lowest BCUT2D eigenvalue weighted by atomic mass is 10.1. The van der Waals surface area contributed by atoms with Crippen molar-refractivity contribution < 1.29 is 14.3 Å². The minimum absolute atomic E-state index is 0.0322. The highest BCUT2D eigenvalue weighted by molar-refractivity contribution is 6.00. The van der Waals surface area contributed by atoms with Crippen molar-refractivity contribution in [2.75, 3.05) is 0 Å². The molecule has 0 amide bonds. The van der Waals surface area contributed by atoms with E-state index in [0.717, 1.165) is 0 Å². The number of hydrogen-bond donors (Lipinski definition) is 2. The Balaban J connectivity index is 2.33. The topological polar surface area (TPSA) is 93.6 Å². The van der Waals surface area contributed by atoms with Crippen molar-refractivity contribution in [3.63, 3.8) is 0 Å². The van der Waals surface area contributed by atoms with Gasteiger partial charge in [0.2, 0.25) is 5.88 Å². The van der Waals surface area contributed by atoms with Crippen molar-refractivity contribution >= 4 is 5.84 Å². The van der Waals surface area contributed by atoms with Crippen LogP contribution in [0.2, 0.25) is 0 Å². The van der Waals surface area contributed by atoms with Crippen molar-refractivity contribution in [3.05, 3.63) is 52.5 Å². The van der Waals surface area contributed by atoms with Gasteiger partial charge < -0.3 is 15.7 Å². The van der Waals surface area contributed by atoms with Gasteiger partial charge in [-0.2, -0.15) is 5.10 Å². The summed E-state index contributed by atoms with van der Waals surface area (Å²) in [6.07, 6.45) is 0. The van der Waals surface area contributed by atoms with Crippen LogP contribution in [0.3, 0.4) is 0 Å². The van der Waals surface area contributed by atoms with Crippen LogP contribution in [0.25, 0.3) is 0 Å². The minimum atomic E-state index is -0.375. The van der Waals surface area contributed by atoms with Crippen molar-refractivity contribution in [2.24, 2.45) is 10.9 Å². The second kappa shape index (κ2) is 6.17. The SMILES string of the molecule is Cc1nnc(OCc2ccccc2F)c(C(N)=NO)c1C. The zero-order valence-corrected chi connectivity index (χ0v) is 11.7. The van der Waals surface area contributed by atoms with E-state index in [-0.39, 0.29) is 24.1 Å². The van der Waals surface area contributed by atoms with Gasteiger partial charge in [0.25, 0.3) is 0 Å². The van der Waals surface area contributed by atoms with E-state index in [1.165, 1.54) is 6.07 Å². The highest BCUT2D eigenvalue weighted by Gasteiger charge is 2.17. The number of rotatable bonds is 4. The number of oxime groups is 1. The maximum atomic E-state index is 13.6. The monoisotopic (exact) mass is 290 g/mol. The molecule has 2 aromatic rings. The van der Waals surface area contributed by atoms with Gasteiger partial charge in [0, 0.05) is 5.56 Å². The number of benzene rings is 1. The maximum Gasteiger partial charge on any atom is 0.245 e. The largest absolute Gasteiger partial charge is 0.471 e. The Kier molecular flexibility index (Phi) is 4.32. The smallest absolute Gasteiger partial charge is 0.245 e. The first-order chi connectivity index (χ1) is 10.0. The zero-order valence-electron chi connectivity index (χ0n) is 11.7. The van der Waals surface area contributed by atoms with Crippen LogP contribution in [0.4, 0.5) is 4.39 Å². The summed E-state index contributed by atoms with van der Waals surface area (Å²) in [7, 11) is 0. The lowest BCUT2D eigenvalue weighted by Gasteiger charge is -2.12. The maximum absolute atomic E-state index is 13.6. The fourth-order valence-electron chi connectivity index (χ4n) is 1.80. The van der Waals surface area contributed by atoms with Gasteiger partial charge >= 0.3 is 0 Å². The van der Waals surface area contributed by atoms with Crippen LogP contribution in [-0.4, -0.2) is 21.2 Å². The van der Waals surface area contributed by atoms with Crippen LogP contribution in [0, 0.1) is 19.7 Å². The molecule has 0 atom stereocenters. The van der Waals surface area contributed by atoms with E-state index in [4.69, 9.17) is 15.7 Å². The fourth-order valence-corrected chi connectivity index (χ4v) is 1.80. The number of ether oxygens (including phenoxy) is 1. The van der Waals surface area contributed by atoms with E-state index >= 15 is 0 Å². The average Bonchev–Trinajstić information content (AvgIpc) is 2.49. The number of amidine groups is 1. The van der Waals surface area contributed by atoms with E-state index in [0.29, 0.717) is 22.4 Å². The summed E-state index contributed by atoms with van der Waals surface area (Å²) in [5.74, 6) is -0.412. The first-order valence-corrected chi connectivity index (χ1v) is 6.22. The summed E-state index contributed by atoms with van der Waals surface area (Å²) in [6.45, 7) is 3.47. The van der Waals surface area contributed by atoms with Crippen LogP contribution in [-0.2, 0) is 6.61 Å². The van der Waals surface area contributed by atoms with Gasteiger partial charge in [-0.25, -0.2) is 4.39 Å². The number of nitrogens with zero attached hydrogens (tertiary/aromatic N) is 3. The predicted octanol–water partition coefficient (Wildman–Crippen LogP) is 1.91. The standard InChI is InChI=1S/C14H15FN4O2/c1-8-9(2)17-18-14(12(8)13(16)19-20)21-7-10-5-3-4-6-11(10)15/h3-6,20H,7H2,1-2H3,(H2,16,19). The van der Waals surface area contributed by atoms with Crippen molar-refractivity contribution in [3.8, 4) is 5.88 Å². The Labute approximate surface area is 121 Å². The summed E-state index contributed by atoms with van der Waals surface area (Å²) >= 11 is 0. The molecule has 1 heterocycles. The van der Waals surface area contributed by atoms with Crippen molar-refractivity contribution in [1.82, 2.24) is 10.2 Å². The molecule has 0 fully saturated rings. The van der Waals surface area contributed by atoms with E-state index < -0.39 is 0 Å². The van der Waals surface area contributed by atoms with Gasteiger partial charge in [-0.15, -0.1) is 5.10 Å². The summed E-state index contributed by atoms with van der Waals surface area (Å²) in [4.78, 5) is 0. The van der Waals surface area contributed by atoms with E-state index in [2.05, 4.69) is 15.4 Å². The molecule has 21 heavy (non-hydrogen) atoms. The Bertz CT molecular complexity index is 689. The second-order valence-electron chi connectivity index (χ2n) is 4.46. The molecule has 0 saturated heterocycles. The summed E-state index contributed by atoms with van der Waals surface area (Å²) < 4.78 is 19.0. The summed E-state index contributed by atoms with van der Waals surface area (Å²) in [6, 6.07) is 6.25.